The Morgan fingerprint density at radius 1 is 1.09 bits per heavy atom. The molecule has 0 aliphatic carbocycles. The van der Waals surface area contributed by atoms with Crippen molar-refractivity contribution in [2.75, 3.05) is 13.1 Å². The van der Waals surface area contributed by atoms with Crippen molar-refractivity contribution in [1.82, 2.24) is 14.7 Å². The van der Waals surface area contributed by atoms with E-state index < -0.39 is 0 Å². The molecule has 0 unspecified atom stereocenters. The lowest BCUT2D eigenvalue weighted by molar-refractivity contribution is 0.0724. The molecule has 0 radical (unpaired) electrons. The van der Waals surface area contributed by atoms with Gasteiger partial charge in [-0.1, -0.05) is 12.1 Å². The van der Waals surface area contributed by atoms with Crippen LogP contribution < -0.4 is 0 Å². The molecule has 1 saturated heterocycles. The number of hydrogen-bond acceptors (Lipinski definition) is 2. The van der Waals surface area contributed by atoms with Crippen LogP contribution >= 0.6 is 0 Å². The normalized spacial score (nSPS) is 15.1. The van der Waals surface area contributed by atoms with Crippen molar-refractivity contribution in [3.8, 4) is 0 Å². The number of benzene rings is 1. The van der Waals surface area contributed by atoms with Gasteiger partial charge in [-0.25, -0.2) is 0 Å². The first-order valence-corrected chi connectivity index (χ1v) is 8.03. The second-order valence-corrected chi connectivity index (χ2v) is 6.13. The minimum Gasteiger partial charge on any atom is -0.339 e. The Labute approximate surface area is 131 Å². The first kappa shape index (κ1) is 14.8. The average molecular weight is 297 g/mol. The molecule has 116 valence electrons. The second-order valence-electron chi connectivity index (χ2n) is 6.13. The number of likely N-dealkylation sites (tertiary alicyclic amines) is 1. The van der Waals surface area contributed by atoms with Gasteiger partial charge in [0.2, 0.25) is 0 Å². The molecule has 4 heteroatoms. The van der Waals surface area contributed by atoms with Crippen molar-refractivity contribution in [3.05, 3.63) is 52.8 Å². The molecule has 0 saturated carbocycles. The van der Waals surface area contributed by atoms with E-state index in [2.05, 4.69) is 18.1 Å². The first-order valence-electron chi connectivity index (χ1n) is 8.03. The topological polar surface area (TPSA) is 38.1 Å². The van der Waals surface area contributed by atoms with Gasteiger partial charge >= 0.3 is 0 Å². The van der Waals surface area contributed by atoms with E-state index in [4.69, 9.17) is 0 Å². The molecule has 0 bridgehead atoms. The molecule has 1 aromatic carbocycles. The zero-order valence-corrected chi connectivity index (χ0v) is 13.4. The smallest absolute Gasteiger partial charge is 0.253 e. The maximum absolute atomic E-state index is 12.4. The largest absolute Gasteiger partial charge is 0.339 e. The van der Waals surface area contributed by atoms with Crippen LogP contribution in [0.1, 0.15) is 46.6 Å². The molecule has 0 spiro atoms. The second kappa shape index (κ2) is 6.34. The highest BCUT2D eigenvalue weighted by Gasteiger charge is 2.17. The molecule has 2 heterocycles. The van der Waals surface area contributed by atoms with E-state index in [1.54, 1.807) is 0 Å². The van der Waals surface area contributed by atoms with E-state index in [9.17, 15) is 4.79 Å². The third-order valence-corrected chi connectivity index (χ3v) is 4.28. The Morgan fingerprint density at radius 3 is 2.36 bits per heavy atom. The van der Waals surface area contributed by atoms with Gasteiger partial charge in [-0.3, -0.25) is 9.48 Å². The summed E-state index contributed by atoms with van der Waals surface area (Å²) in [6.45, 7) is 6.61. The van der Waals surface area contributed by atoms with Crippen LogP contribution in [0, 0.1) is 13.8 Å². The third kappa shape index (κ3) is 3.21. The molecule has 1 aromatic heterocycles. The molecule has 3 rings (SSSR count). The van der Waals surface area contributed by atoms with Crippen LogP contribution in [0.4, 0.5) is 0 Å². The molecule has 0 atom stereocenters. The van der Waals surface area contributed by atoms with E-state index in [-0.39, 0.29) is 5.91 Å². The highest BCUT2D eigenvalue weighted by Crippen LogP contribution is 2.14. The van der Waals surface area contributed by atoms with E-state index in [0.29, 0.717) is 0 Å². The predicted octanol–water partition coefficient (Wildman–Crippen LogP) is 3.17. The summed E-state index contributed by atoms with van der Waals surface area (Å²) in [7, 11) is 0. The number of nitrogens with zero attached hydrogens (tertiary/aromatic N) is 3. The number of aryl methyl sites for hydroxylation is 2. The zero-order chi connectivity index (χ0) is 15.5. The Hall–Kier alpha value is -2.10. The maximum Gasteiger partial charge on any atom is 0.253 e. The molecule has 2 aromatic rings. The van der Waals surface area contributed by atoms with Gasteiger partial charge in [0.25, 0.3) is 5.91 Å². The molecule has 22 heavy (non-hydrogen) atoms. The molecule has 1 amide bonds. The summed E-state index contributed by atoms with van der Waals surface area (Å²) in [6, 6.07) is 10.0. The third-order valence-electron chi connectivity index (χ3n) is 4.28. The molecular weight excluding hydrogens is 274 g/mol. The number of rotatable bonds is 3. The van der Waals surface area contributed by atoms with Crippen molar-refractivity contribution in [2.45, 2.75) is 39.7 Å². The van der Waals surface area contributed by atoms with Crippen LogP contribution in [0.3, 0.4) is 0 Å². The quantitative estimate of drug-likeness (QED) is 0.872. The Morgan fingerprint density at radius 2 is 1.77 bits per heavy atom. The van der Waals surface area contributed by atoms with E-state index in [0.717, 1.165) is 49.4 Å². The van der Waals surface area contributed by atoms with Crippen molar-refractivity contribution < 1.29 is 4.79 Å². The van der Waals surface area contributed by atoms with Crippen molar-refractivity contribution >= 4 is 5.91 Å². The maximum atomic E-state index is 12.4. The SMILES string of the molecule is Cc1cc(C)n(Cc2ccc(C(=O)N3CCCCC3)cc2)n1. The number of hydrogen-bond donors (Lipinski definition) is 0. The molecule has 0 N–H and O–H groups in total. The predicted molar refractivity (Wildman–Crippen MR) is 87.0 cm³/mol. The Bertz CT molecular complexity index is 651. The van der Waals surface area contributed by atoms with Gasteiger partial charge in [0.05, 0.1) is 12.2 Å². The van der Waals surface area contributed by atoms with Gasteiger partial charge in [-0.2, -0.15) is 5.10 Å². The molecule has 1 fully saturated rings. The monoisotopic (exact) mass is 297 g/mol. The lowest BCUT2D eigenvalue weighted by atomic mass is 10.1. The van der Waals surface area contributed by atoms with Crippen LogP contribution in [0.15, 0.2) is 30.3 Å². The minimum atomic E-state index is 0.164. The zero-order valence-electron chi connectivity index (χ0n) is 13.4. The van der Waals surface area contributed by atoms with Gasteiger partial charge in [0, 0.05) is 24.3 Å². The van der Waals surface area contributed by atoms with Crippen LogP contribution in [-0.4, -0.2) is 33.7 Å². The lowest BCUT2D eigenvalue weighted by Gasteiger charge is -2.26. The first-order chi connectivity index (χ1) is 10.6. The van der Waals surface area contributed by atoms with Crippen LogP contribution in [0.2, 0.25) is 0 Å². The summed E-state index contributed by atoms with van der Waals surface area (Å²) in [5.74, 6) is 0.164. The number of carbonyl (C=O) groups excluding carboxylic acids is 1. The van der Waals surface area contributed by atoms with Crippen molar-refractivity contribution in [1.29, 1.82) is 0 Å². The van der Waals surface area contributed by atoms with E-state index in [1.165, 1.54) is 12.0 Å². The number of carbonyl (C=O) groups is 1. The summed E-state index contributed by atoms with van der Waals surface area (Å²) < 4.78 is 2.00. The fourth-order valence-corrected chi connectivity index (χ4v) is 3.04. The highest BCUT2D eigenvalue weighted by atomic mass is 16.2. The number of piperidine rings is 1. The van der Waals surface area contributed by atoms with Gasteiger partial charge in [-0.15, -0.1) is 0 Å². The fraction of sp³-hybridized carbons (Fsp3) is 0.444. The van der Waals surface area contributed by atoms with Crippen LogP contribution in [0.25, 0.3) is 0 Å². The molecular formula is C18H23N3O. The summed E-state index contributed by atoms with van der Waals surface area (Å²) in [5.41, 5.74) is 4.15. The minimum absolute atomic E-state index is 0.164. The summed E-state index contributed by atoms with van der Waals surface area (Å²) >= 11 is 0. The fourth-order valence-electron chi connectivity index (χ4n) is 3.04. The van der Waals surface area contributed by atoms with Crippen molar-refractivity contribution in [2.24, 2.45) is 0 Å². The number of aromatic nitrogens is 2. The van der Waals surface area contributed by atoms with Gasteiger partial charge < -0.3 is 4.90 Å². The molecule has 1 aliphatic rings. The van der Waals surface area contributed by atoms with E-state index in [1.807, 2.05) is 40.8 Å². The highest BCUT2D eigenvalue weighted by molar-refractivity contribution is 5.94. The average Bonchev–Trinajstić information content (AvgIpc) is 2.86. The Kier molecular flexibility index (Phi) is 4.27. The summed E-state index contributed by atoms with van der Waals surface area (Å²) in [4.78, 5) is 14.4. The van der Waals surface area contributed by atoms with Crippen LogP contribution in [0.5, 0.6) is 0 Å². The summed E-state index contributed by atoms with van der Waals surface area (Å²) in [5, 5.41) is 4.48. The molecule has 4 nitrogen and oxygen atoms in total. The summed E-state index contributed by atoms with van der Waals surface area (Å²) in [6.07, 6.45) is 3.49. The van der Waals surface area contributed by atoms with Gasteiger partial charge in [0.15, 0.2) is 0 Å². The van der Waals surface area contributed by atoms with E-state index >= 15 is 0 Å². The van der Waals surface area contributed by atoms with Crippen molar-refractivity contribution in [3.63, 3.8) is 0 Å². The van der Waals surface area contributed by atoms with Gasteiger partial charge in [0.1, 0.15) is 0 Å². The Balaban J connectivity index is 1.69. The standard InChI is InChI=1S/C18H23N3O/c1-14-12-15(2)21(19-14)13-16-6-8-17(9-7-16)18(22)20-10-4-3-5-11-20/h6-9,12H,3-5,10-11,13H2,1-2H3. The molecule has 1 aliphatic heterocycles. The lowest BCUT2D eigenvalue weighted by Crippen LogP contribution is -2.35. The van der Waals surface area contributed by atoms with Gasteiger partial charge in [-0.05, 0) is 56.9 Å². The number of amides is 1. The van der Waals surface area contributed by atoms with Crippen LogP contribution in [-0.2, 0) is 6.54 Å².